The van der Waals surface area contributed by atoms with Gasteiger partial charge in [-0.2, -0.15) is 0 Å². The Morgan fingerprint density at radius 2 is 1.65 bits per heavy atom. The molecule has 1 amide bonds. The molecule has 26 heavy (non-hydrogen) atoms. The van der Waals surface area contributed by atoms with Crippen LogP contribution in [-0.4, -0.2) is 34.1 Å². The summed E-state index contributed by atoms with van der Waals surface area (Å²) in [6.07, 6.45) is -1.51. The summed E-state index contributed by atoms with van der Waals surface area (Å²) in [5, 5.41) is 11.8. The summed E-state index contributed by atoms with van der Waals surface area (Å²) in [7, 11) is 0. The monoisotopic (exact) mass is 371 g/mol. The number of ketones is 1. The van der Waals surface area contributed by atoms with Crippen LogP contribution in [0.2, 0.25) is 0 Å². The maximum absolute atomic E-state index is 13.2. The number of nitrogens with one attached hydrogen (secondary N) is 1. The average Bonchev–Trinajstić information content (AvgIpc) is 2.48. The number of carboxylic acids is 1. The van der Waals surface area contributed by atoms with Gasteiger partial charge in [0.2, 0.25) is 0 Å². The van der Waals surface area contributed by atoms with Crippen LogP contribution in [0.5, 0.6) is 0 Å². The standard InChI is InChI=1S/C18H23F2NO5/c1-5-18(15(23)24,21-16(25)26-17(2,3)4)7-6-14(22)11-8-12(19)10-13(20)9-11/h8-10H,5-7H2,1-4H3,(H,21,25)(H,23,24)/t18-/m0/s1. The molecule has 8 heteroatoms. The number of hydrogen-bond acceptors (Lipinski definition) is 4. The number of hydrogen-bond donors (Lipinski definition) is 2. The number of benzene rings is 1. The van der Waals surface area contributed by atoms with Gasteiger partial charge in [-0.05, 0) is 45.7 Å². The van der Waals surface area contributed by atoms with E-state index < -0.39 is 40.6 Å². The summed E-state index contributed by atoms with van der Waals surface area (Å²) >= 11 is 0. The van der Waals surface area contributed by atoms with Crippen LogP contribution in [0.3, 0.4) is 0 Å². The number of rotatable bonds is 7. The molecule has 0 unspecified atom stereocenters. The van der Waals surface area contributed by atoms with Crippen molar-refractivity contribution < 1.29 is 33.0 Å². The molecular weight excluding hydrogens is 348 g/mol. The van der Waals surface area contributed by atoms with Crippen molar-refractivity contribution in [3.8, 4) is 0 Å². The minimum atomic E-state index is -1.73. The molecule has 0 saturated heterocycles. The first-order valence-corrected chi connectivity index (χ1v) is 8.12. The Kier molecular flexibility index (Phi) is 6.83. The zero-order valence-corrected chi connectivity index (χ0v) is 15.2. The van der Waals surface area contributed by atoms with Crippen molar-refractivity contribution in [2.75, 3.05) is 0 Å². The van der Waals surface area contributed by atoms with E-state index in [-0.39, 0.29) is 24.8 Å². The van der Waals surface area contributed by atoms with E-state index >= 15 is 0 Å². The van der Waals surface area contributed by atoms with Crippen molar-refractivity contribution in [3.63, 3.8) is 0 Å². The van der Waals surface area contributed by atoms with Gasteiger partial charge in [0, 0.05) is 18.1 Å². The molecule has 0 aliphatic carbocycles. The van der Waals surface area contributed by atoms with Gasteiger partial charge >= 0.3 is 12.1 Å². The summed E-state index contributed by atoms with van der Waals surface area (Å²) in [4.78, 5) is 35.8. The Balaban J connectivity index is 2.92. The second kappa shape index (κ2) is 8.25. The van der Waals surface area contributed by atoms with Gasteiger partial charge in [0.25, 0.3) is 0 Å². The van der Waals surface area contributed by atoms with Crippen LogP contribution in [0.1, 0.15) is 57.3 Å². The molecule has 0 fully saturated rings. The molecule has 2 N–H and O–H groups in total. The van der Waals surface area contributed by atoms with Crippen molar-refractivity contribution >= 4 is 17.8 Å². The number of amides is 1. The lowest BCUT2D eigenvalue weighted by Crippen LogP contribution is -2.55. The van der Waals surface area contributed by atoms with E-state index in [1.165, 1.54) is 6.92 Å². The zero-order chi connectivity index (χ0) is 20.1. The van der Waals surface area contributed by atoms with Gasteiger partial charge in [-0.25, -0.2) is 18.4 Å². The number of Topliss-reactive ketones (excluding diaryl/α,β-unsaturated/α-hetero) is 1. The van der Waals surface area contributed by atoms with E-state index in [1.54, 1.807) is 20.8 Å². The lowest BCUT2D eigenvalue weighted by atomic mass is 9.88. The fourth-order valence-electron chi connectivity index (χ4n) is 2.32. The lowest BCUT2D eigenvalue weighted by Gasteiger charge is -2.30. The topological polar surface area (TPSA) is 92.7 Å². The molecule has 0 bridgehead atoms. The van der Waals surface area contributed by atoms with Crippen molar-refractivity contribution in [2.24, 2.45) is 0 Å². The van der Waals surface area contributed by atoms with Gasteiger partial charge < -0.3 is 15.2 Å². The molecule has 144 valence electrons. The van der Waals surface area contributed by atoms with Crippen LogP contribution in [0, 0.1) is 11.6 Å². The second-order valence-corrected chi connectivity index (χ2v) is 6.95. The highest BCUT2D eigenvalue weighted by molar-refractivity contribution is 5.96. The maximum Gasteiger partial charge on any atom is 0.408 e. The van der Waals surface area contributed by atoms with Crippen molar-refractivity contribution in [2.45, 2.75) is 58.1 Å². The van der Waals surface area contributed by atoms with Crippen molar-refractivity contribution in [1.29, 1.82) is 0 Å². The lowest BCUT2D eigenvalue weighted by molar-refractivity contribution is -0.145. The van der Waals surface area contributed by atoms with Gasteiger partial charge in [-0.1, -0.05) is 6.92 Å². The Morgan fingerprint density at radius 3 is 2.08 bits per heavy atom. The Bertz CT molecular complexity index is 679. The molecule has 0 spiro atoms. The Hall–Kier alpha value is -2.51. The summed E-state index contributed by atoms with van der Waals surface area (Å²) in [6, 6.07) is 2.39. The highest BCUT2D eigenvalue weighted by atomic mass is 19.1. The summed E-state index contributed by atoms with van der Waals surface area (Å²) in [6.45, 7) is 6.42. The highest BCUT2D eigenvalue weighted by Crippen LogP contribution is 2.22. The summed E-state index contributed by atoms with van der Waals surface area (Å²) < 4.78 is 31.5. The Morgan fingerprint density at radius 1 is 1.12 bits per heavy atom. The van der Waals surface area contributed by atoms with Gasteiger partial charge in [-0.15, -0.1) is 0 Å². The second-order valence-electron chi connectivity index (χ2n) is 6.95. The summed E-state index contributed by atoms with van der Waals surface area (Å²) in [5.41, 5.74) is -2.75. The SMILES string of the molecule is CC[C@@](CCC(=O)c1cc(F)cc(F)c1)(NC(=O)OC(C)(C)C)C(=O)O. The average molecular weight is 371 g/mol. The predicted molar refractivity (Wildman–Crippen MR) is 90.0 cm³/mol. The molecule has 0 aliphatic heterocycles. The zero-order valence-electron chi connectivity index (χ0n) is 15.2. The van der Waals surface area contributed by atoms with E-state index in [1.807, 2.05) is 0 Å². The fourth-order valence-corrected chi connectivity index (χ4v) is 2.32. The molecule has 1 aromatic carbocycles. The van der Waals surface area contributed by atoms with E-state index in [2.05, 4.69) is 5.32 Å². The third-order valence-electron chi connectivity index (χ3n) is 3.72. The number of aliphatic carboxylic acids is 1. The third-order valence-corrected chi connectivity index (χ3v) is 3.72. The van der Waals surface area contributed by atoms with E-state index in [9.17, 15) is 28.3 Å². The molecular formula is C18H23F2NO5. The van der Waals surface area contributed by atoms with Crippen LogP contribution in [-0.2, 0) is 9.53 Å². The number of carboxylic acid groups (broad SMARTS) is 1. The van der Waals surface area contributed by atoms with Crippen LogP contribution in [0.4, 0.5) is 13.6 Å². The molecule has 0 aliphatic rings. The number of carbonyl (C=O) groups excluding carboxylic acids is 2. The van der Waals surface area contributed by atoms with Gasteiger partial charge in [0.15, 0.2) is 5.78 Å². The molecule has 0 saturated carbocycles. The Labute approximate surface area is 150 Å². The minimum absolute atomic E-state index is 0.00757. The maximum atomic E-state index is 13.2. The van der Waals surface area contributed by atoms with Gasteiger partial charge in [0.1, 0.15) is 22.8 Å². The van der Waals surface area contributed by atoms with Crippen LogP contribution in [0.25, 0.3) is 0 Å². The molecule has 0 radical (unpaired) electrons. The van der Waals surface area contributed by atoms with Crippen LogP contribution in [0.15, 0.2) is 18.2 Å². The summed E-state index contributed by atoms with van der Waals surface area (Å²) in [5.74, 6) is -3.77. The van der Waals surface area contributed by atoms with Crippen LogP contribution >= 0.6 is 0 Å². The van der Waals surface area contributed by atoms with Gasteiger partial charge in [-0.3, -0.25) is 4.79 Å². The first-order chi connectivity index (χ1) is 11.9. The molecule has 0 aromatic heterocycles. The molecule has 6 nitrogen and oxygen atoms in total. The number of carbonyl (C=O) groups is 3. The predicted octanol–water partition coefficient (Wildman–Crippen LogP) is 3.69. The minimum Gasteiger partial charge on any atom is -0.480 e. The van der Waals surface area contributed by atoms with Crippen LogP contribution < -0.4 is 5.32 Å². The fraction of sp³-hybridized carbons (Fsp3) is 0.500. The molecule has 0 heterocycles. The molecule has 1 rings (SSSR count). The largest absolute Gasteiger partial charge is 0.480 e. The molecule has 1 aromatic rings. The highest BCUT2D eigenvalue weighted by Gasteiger charge is 2.40. The van der Waals surface area contributed by atoms with Crippen molar-refractivity contribution in [1.82, 2.24) is 5.32 Å². The number of ether oxygens (including phenoxy) is 1. The molecule has 1 atom stereocenters. The van der Waals surface area contributed by atoms with E-state index in [0.717, 1.165) is 12.1 Å². The quantitative estimate of drug-likeness (QED) is 0.713. The number of alkyl carbamates (subject to hydrolysis) is 1. The van der Waals surface area contributed by atoms with E-state index in [0.29, 0.717) is 6.07 Å². The first kappa shape index (κ1) is 21.5. The van der Waals surface area contributed by atoms with Crippen molar-refractivity contribution in [3.05, 3.63) is 35.4 Å². The third kappa shape index (κ3) is 6.09. The number of halogens is 2. The first-order valence-electron chi connectivity index (χ1n) is 8.12. The van der Waals surface area contributed by atoms with Gasteiger partial charge in [0.05, 0.1) is 0 Å². The normalized spacial score (nSPS) is 13.6. The van der Waals surface area contributed by atoms with E-state index in [4.69, 9.17) is 4.74 Å². The smallest absolute Gasteiger partial charge is 0.408 e.